The summed E-state index contributed by atoms with van der Waals surface area (Å²) >= 11 is 0. The van der Waals surface area contributed by atoms with Crippen LogP contribution in [0.25, 0.3) is 0 Å². The van der Waals surface area contributed by atoms with Crippen LogP contribution in [0.15, 0.2) is 29.2 Å². The highest BCUT2D eigenvalue weighted by Crippen LogP contribution is 2.53. The zero-order valence-corrected chi connectivity index (χ0v) is 15.1. The van der Waals surface area contributed by atoms with E-state index in [1.54, 1.807) is 26.0 Å². The van der Waals surface area contributed by atoms with Gasteiger partial charge in [-0.3, -0.25) is 4.57 Å². The Morgan fingerprint density at radius 3 is 2.17 bits per heavy atom. The van der Waals surface area contributed by atoms with Gasteiger partial charge < -0.3 is 9.05 Å². The van der Waals surface area contributed by atoms with E-state index in [9.17, 15) is 13.0 Å². The summed E-state index contributed by atoms with van der Waals surface area (Å²) in [5, 5.41) is 8.92. The van der Waals surface area contributed by atoms with Gasteiger partial charge in [-0.1, -0.05) is 17.7 Å². The fourth-order valence-corrected chi connectivity index (χ4v) is 5.31. The fraction of sp³-hybridized carbons (Fsp3) is 0.500. The predicted octanol–water partition coefficient (Wildman–Crippen LogP) is 2.78. The monoisotopic (exact) mass is 360 g/mol. The lowest BCUT2D eigenvalue weighted by Crippen LogP contribution is -2.35. The van der Waals surface area contributed by atoms with E-state index < -0.39 is 23.4 Å². The molecule has 0 unspecified atom stereocenters. The second-order valence-electron chi connectivity index (χ2n) is 4.69. The fourth-order valence-electron chi connectivity index (χ4n) is 1.85. The number of nitriles is 1. The van der Waals surface area contributed by atoms with Crippen molar-refractivity contribution in [3.05, 3.63) is 29.8 Å². The third-order valence-corrected chi connectivity index (χ3v) is 6.88. The molecule has 1 aromatic carbocycles. The molecule has 0 aliphatic carbocycles. The number of benzene rings is 1. The molecule has 0 radical (unpaired) electrons. The highest BCUT2D eigenvalue weighted by molar-refractivity contribution is 7.89. The molecule has 7 nitrogen and oxygen atoms in total. The molecule has 1 N–H and O–H groups in total. The Kier molecular flexibility index (Phi) is 7.39. The first-order valence-corrected chi connectivity index (χ1v) is 10.2. The third kappa shape index (κ3) is 5.41. The summed E-state index contributed by atoms with van der Waals surface area (Å²) in [4.78, 5) is 0.0191. The van der Waals surface area contributed by atoms with Crippen LogP contribution in [0.5, 0.6) is 0 Å². The Bertz CT molecular complexity index is 687. The molecule has 1 atom stereocenters. The second-order valence-corrected chi connectivity index (χ2v) is 8.62. The van der Waals surface area contributed by atoms with Crippen molar-refractivity contribution in [1.29, 1.82) is 5.26 Å². The first-order valence-electron chi connectivity index (χ1n) is 7.13. The number of nitrogens with zero attached hydrogens (tertiary/aromatic N) is 1. The summed E-state index contributed by atoms with van der Waals surface area (Å²) in [5.74, 6) is -1.27. The maximum absolute atomic E-state index is 12.7. The van der Waals surface area contributed by atoms with Gasteiger partial charge in [-0.2, -0.15) is 9.98 Å². The van der Waals surface area contributed by atoms with Crippen LogP contribution in [0.1, 0.15) is 25.8 Å². The number of hydrogen-bond donors (Lipinski definition) is 1. The minimum atomic E-state index is -3.95. The molecule has 0 aromatic heterocycles. The van der Waals surface area contributed by atoms with Crippen molar-refractivity contribution in [3.63, 3.8) is 0 Å². The van der Waals surface area contributed by atoms with Crippen LogP contribution in [-0.2, 0) is 23.6 Å². The summed E-state index contributed by atoms with van der Waals surface area (Å²) in [6.07, 6.45) is -0.331. The summed E-state index contributed by atoms with van der Waals surface area (Å²) in [6, 6.07) is 7.99. The Labute approximate surface area is 137 Å². The van der Waals surface area contributed by atoms with Crippen LogP contribution in [-0.4, -0.2) is 27.4 Å². The van der Waals surface area contributed by atoms with Crippen molar-refractivity contribution in [2.45, 2.75) is 37.9 Å². The molecule has 23 heavy (non-hydrogen) atoms. The molecule has 0 bridgehead atoms. The lowest BCUT2D eigenvalue weighted by atomic mass is 10.2. The SMILES string of the molecule is CCOP(=O)(OCC)[C@H](CC#N)NS(=O)(=O)c1ccc(C)cc1. The predicted molar refractivity (Wildman–Crippen MR) is 86.4 cm³/mol. The van der Waals surface area contributed by atoms with Crippen LogP contribution in [0, 0.1) is 18.3 Å². The molecule has 0 spiro atoms. The van der Waals surface area contributed by atoms with Gasteiger partial charge in [0.25, 0.3) is 0 Å². The van der Waals surface area contributed by atoms with Gasteiger partial charge in [0.05, 0.1) is 30.6 Å². The Morgan fingerprint density at radius 1 is 1.22 bits per heavy atom. The van der Waals surface area contributed by atoms with Crippen molar-refractivity contribution >= 4 is 17.6 Å². The van der Waals surface area contributed by atoms with Gasteiger partial charge >= 0.3 is 7.60 Å². The van der Waals surface area contributed by atoms with Gasteiger partial charge in [0.15, 0.2) is 0 Å². The minimum Gasteiger partial charge on any atom is -0.308 e. The van der Waals surface area contributed by atoms with Gasteiger partial charge in [0.1, 0.15) is 5.78 Å². The van der Waals surface area contributed by atoms with Crippen LogP contribution in [0.2, 0.25) is 0 Å². The van der Waals surface area contributed by atoms with Crippen molar-refractivity contribution in [1.82, 2.24) is 4.72 Å². The Morgan fingerprint density at radius 2 is 1.74 bits per heavy atom. The van der Waals surface area contributed by atoms with Crippen LogP contribution < -0.4 is 4.72 Å². The van der Waals surface area contributed by atoms with Crippen LogP contribution in [0.4, 0.5) is 0 Å². The highest BCUT2D eigenvalue weighted by Gasteiger charge is 2.38. The average Bonchev–Trinajstić information content (AvgIpc) is 2.47. The zero-order chi connectivity index (χ0) is 17.5. The van der Waals surface area contributed by atoms with E-state index in [-0.39, 0.29) is 24.5 Å². The summed E-state index contributed by atoms with van der Waals surface area (Å²) in [5.41, 5.74) is 0.909. The molecule has 1 rings (SSSR count). The Balaban J connectivity index is 3.13. The highest BCUT2D eigenvalue weighted by atomic mass is 32.2. The normalized spacial score (nSPS) is 13.5. The molecule has 0 fully saturated rings. The van der Waals surface area contributed by atoms with E-state index in [1.165, 1.54) is 12.1 Å². The lowest BCUT2D eigenvalue weighted by Gasteiger charge is -2.25. The van der Waals surface area contributed by atoms with E-state index in [0.29, 0.717) is 0 Å². The van der Waals surface area contributed by atoms with Gasteiger partial charge in [0, 0.05) is 0 Å². The Hall–Kier alpha value is -1.23. The number of rotatable bonds is 9. The molecule has 0 saturated heterocycles. The molecular formula is C14H21N2O5PS. The van der Waals surface area contributed by atoms with Gasteiger partial charge in [-0.25, -0.2) is 8.42 Å². The van der Waals surface area contributed by atoms with Crippen molar-refractivity contribution in [2.75, 3.05) is 13.2 Å². The molecular weight excluding hydrogens is 339 g/mol. The number of nitrogens with one attached hydrogen (secondary N) is 1. The molecule has 0 saturated carbocycles. The van der Waals surface area contributed by atoms with E-state index in [1.807, 2.05) is 13.0 Å². The smallest absolute Gasteiger partial charge is 0.308 e. The maximum atomic E-state index is 12.7. The number of hydrogen-bond acceptors (Lipinski definition) is 6. The molecule has 0 aliphatic heterocycles. The third-order valence-electron chi connectivity index (χ3n) is 2.91. The van der Waals surface area contributed by atoms with Gasteiger partial charge in [-0.05, 0) is 32.9 Å². The van der Waals surface area contributed by atoms with E-state index in [0.717, 1.165) is 5.56 Å². The zero-order valence-electron chi connectivity index (χ0n) is 13.4. The quantitative estimate of drug-likeness (QED) is 0.679. The minimum absolute atomic E-state index is 0.0191. The topological polar surface area (TPSA) is 105 Å². The van der Waals surface area contributed by atoms with E-state index in [4.69, 9.17) is 14.3 Å². The van der Waals surface area contributed by atoms with Gasteiger partial charge in [0.2, 0.25) is 10.0 Å². The number of aryl methyl sites for hydroxylation is 1. The first kappa shape index (κ1) is 19.8. The molecule has 0 heterocycles. The molecule has 128 valence electrons. The first-order chi connectivity index (χ1) is 10.8. The van der Waals surface area contributed by atoms with E-state index >= 15 is 0 Å². The lowest BCUT2D eigenvalue weighted by molar-refractivity contribution is 0.210. The summed E-state index contributed by atoms with van der Waals surface area (Å²) < 4.78 is 50.2. The standard InChI is InChI=1S/C14H21N2O5PS/c1-4-20-22(17,21-5-2)14(10-11-15)16-23(18,19)13-8-6-12(3)7-9-13/h6-9,14,16H,4-5,10H2,1-3H3/t14-/m1/s1. The van der Waals surface area contributed by atoms with E-state index in [2.05, 4.69) is 4.72 Å². The van der Waals surface area contributed by atoms with Crippen molar-refractivity contribution in [3.8, 4) is 6.07 Å². The van der Waals surface area contributed by atoms with Crippen LogP contribution in [0.3, 0.4) is 0 Å². The number of sulfonamides is 1. The molecule has 9 heteroatoms. The van der Waals surface area contributed by atoms with Crippen molar-refractivity contribution in [2.24, 2.45) is 0 Å². The van der Waals surface area contributed by atoms with Crippen molar-refractivity contribution < 1.29 is 22.0 Å². The summed E-state index contributed by atoms with van der Waals surface area (Å²) in [7, 11) is -7.74. The second kappa shape index (κ2) is 8.57. The van der Waals surface area contributed by atoms with Gasteiger partial charge in [-0.15, -0.1) is 0 Å². The largest absolute Gasteiger partial charge is 0.349 e. The molecule has 1 aromatic rings. The van der Waals surface area contributed by atoms with Crippen LogP contribution >= 0.6 is 7.60 Å². The molecule has 0 amide bonds. The summed E-state index contributed by atoms with van der Waals surface area (Å²) in [6.45, 7) is 5.21. The average molecular weight is 360 g/mol. The molecule has 0 aliphatic rings. The maximum Gasteiger partial charge on any atom is 0.349 e.